The maximum Gasteiger partial charge on any atom is 0.240 e. The molecule has 8 heteroatoms. The molecule has 2 rings (SSSR count). The highest BCUT2D eigenvalue weighted by Crippen LogP contribution is 2.29. The molecule has 0 radical (unpaired) electrons. The first-order valence-electron chi connectivity index (χ1n) is 5.75. The van der Waals surface area contributed by atoms with Gasteiger partial charge in [-0.25, -0.2) is 0 Å². The summed E-state index contributed by atoms with van der Waals surface area (Å²) in [4.78, 5) is 14.8. The molecule has 2 aromatic rings. The molecular weight excluding hydrogens is 328 g/mol. The average molecular weight is 341 g/mol. The summed E-state index contributed by atoms with van der Waals surface area (Å²) in [6.45, 7) is 0.346. The Bertz CT molecular complexity index is 614. The molecule has 7 nitrogen and oxygen atoms in total. The topological polar surface area (TPSA) is 103 Å². The molecule has 0 atom stereocenters. The number of nitrogens with zero attached hydrogens (tertiary/aromatic N) is 2. The molecule has 0 saturated carbocycles. The number of nitrogens with two attached hydrogens (primary N) is 1. The van der Waals surface area contributed by atoms with Crippen molar-refractivity contribution in [2.24, 2.45) is 5.73 Å². The number of carbonyl (C=O) groups excluding carboxylic acids is 1. The molecule has 0 aliphatic carbocycles. The van der Waals surface area contributed by atoms with Crippen molar-refractivity contribution in [3.63, 3.8) is 0 Å². The van der Waals surface area contributed by atoms with Crippen LogP contribution in [0.15, 0.2) is 27.2 Å². The average Bonchev–Trinajstić information content (AvgIpc) is 2.87. The van der Waals surface area contributed by atoms with Crippen LogP contribution in [0.3, 0.4) is 0 Å². The second kappa shape index (κ2) is 6.49. The number of primary amides is 1. The van der Waals surface area contributed by atoms with Gasteiger partial charge in [0.2, 0.25) is 17.6 Å². The third kappa shape index (κ3) is 3.55. The summed E-state index contributed by atoms with van der Waals surface area (Å²) in [7, 11) is 1.59. The van der Waals surface area contributed by atoms with Crippen LogP contribution in [-0.2, 0) is 11.3 Å². The zero-order chi connectivity index (χ0) is 14.5. The van der Waals surface area contributed by atoms with Crippen molar-refractivity contribution in [3.8, 4) is 17.1 Å². The minimum Gasteiger partial charge on any atom is -0.496 e. The molecule has 0 spiro atoms. The van der Waals surface area contributed by atoms with Gasteiger partial charge in [0.25, 0.3) is 0 Å². The van der Waals surface area contributed by atoms with E-state index in [0.29, 0.717) is 11.7 Å². The summed E-state index contributed by atoms with van der Waals surface area (Å²) < 4.78 is 11.0. The van der Waals surface area contributed by atoms with Gasteiger partial charge in [-0.3, -0.25) is 10.1 Å². The summed E-state index contributed by atoms with van der Waals surface area (Å²) >= 11 is 3.39. The van der Waals surface area contributed by atoms with E-state index in [9.17, 15) is 4.79 Å². The molecule has 0 unspecified atom stereocenters. The Labute approximate surface area is 123 Å². The molecule has 1 aromatic carbocycles. The van der Waals surface area contributed by atoms with Crippen molar-refractivity contribution in [1.82, 2.24) is 15.5 Å². The van der Waals surface area contributed by atoms with E-state index >= 15 is 0 Å². The van der Waals surface area contributed by atoms with Crippen LogP contribution in [0.25, 0.3) is 11.4 Å². The monoisotopic (exact) mass is 340 g/mol. The number of hydrogen-bond donors (Lipinski definition) is 2. The number of ether oxygens (including phenoxy) is 1. The zero-order valence-corrected chi connectivity index (χ0v) is 12.3. The van der Waals surface area contributed by atoms with Crippen molar-refractivity contribution >= 4 is 21.8 Å². The van der Waals surface area contributed by atoms with E-state index in [4.69, 9.17) is 15.0 Å². The predicted molar refractivity (Wildman–Crippen MR) is 74.9 cm³/mol. The van der Waals surface area contributed by atoms with Crippen LogP contribution in [0, 0.1) is 0 Å². The van der Waals surface area contributed by atoms with Crippen LogP contribution < -0.4 is 15.8 Å². The van der Waals surface area contributed by atoms with Crippen LogP contribution in [0.5, 0.6) is 5.75 Å². The summed E-state index contributed by atoms with van der Waals surface area (Å²) in [5.41, 5.74) is 5.81. The number of nitrogens with one attached hydrogen (secondary N) is 1. The van der Waals surface area contributed by atoms with Gasteiger partial charge < -0.3 is 15.0 Å². The van der Waals surface area contributed by atoms with Gasteiger partial charge in [0, 0.05) is 5.56 Å². The lowest BCUT2D eigenvalue weighted by atomic mass is 10.2. The van der Waals surface area contributed by atoms with Gasteiger partial charge in [0.15, 0.2) is 0 Å². The number of hydrogen-bond acceptors (Lipinski definition) is 6. The molecular formula is C12H13BrN4O3. The first kappa shape index (κ1) is 14.5. The lowest BCUT2D eigenvalue weighted by molar-refractivity contribution is -0.117. The number of halogens is 1. The van der Waals surface area contributed by atoms with Gasteiger partial charge in [-0.1, -0.05) is 5.16 Å². The molecule has 0 aliphatic rings. The fraction of sp³-hybridized carbons (Fsp3) is 0.250. The van der Waals surface area contributed by atoms with E-state index in [-0.39, 0.29) is 13.1 Å². The van der Waals surface area contributed by atoms with Gasteiger partial charge >= 0.3 is 0 Å². The van der Waals surface area contributed by atoms with Crippen molar-refractivity contribution < 1.29 is 14.1 Å². The van der Waals surface area contributed by atoms with Crippen molar-refractivity contribution in [3.05, 3.63) is 28.6 Å². The summed E-state index contributed by atoms with van der Waals surface area (Å²) in [5.74, 6) is 1.13. The van der Waals surface area contributed by atoms with Gasteiger partial charge in [0.05, 0.1) is 24.7 Å². The minimum atomic E-state index is -0.441. The Hall–Kier alpha value is -1.93. The lowest BCUT2D eigenvalue weighted by Crippen LogP contribution is -2.28. The Morgan fingerprint density at radius 1 is 1.55 bits per heavy atom. The van der Waals surface area contributed by atoms with E-state index in [1.165, 1.54) is 0 Å². The molecule has 0 aliphatic heterocycles. The maximum atomic E-state index is 10.6. The Kier molecular flexibility index (Phi) is 4.70. The lowest BCUT2D eigenvalue weighted by Gasteiger charge is -2.03. The van der Waals surface area contributed by atoms with Crippen molar-refractivity contribution in [1.29, 1.82) is 0 Å². The maximum absolute atomic E-state index is 10.6. The van der Waals surface area contributed by atoms with Crippen LogP contribution in [-0.4, -0.2) is 29.7 Å². The third-order valence-corrected chi connectivity index (χ3v) is 3.07. The quantitative estimate of drug-likeness (QED) is 0.815. The second-order valence-electron chi connectivity index (χ2n) is 3.93. The van der Waals surface area contributed by atoms with Gasteiger partial charge in [0.1, 0.15) is 5.75 Å². The molecule has 106 valence electrons. The number of rotatable bonds is 6. The fourth-order valence-electron chi connectivity index (χ4n) is 1.54. The highest BCUT2D eigenvalue weighted by molar-refractivity contribution is 9.10. The molecule has 0 bridgehead atoms. The highest BCUT2D eigenvalue weighted by Gasteiger charge is 2.10. The minimum absolute atomic E-state index is 0.0613. The van der Waals surface area contributed by atoms with Crippen LogP contribution in [0.1, 0.15) is 5.89 Å². The number of benzene rings is 1. The van der Waals surface area contributed by atoms with E-state index < -0.39 is 5.91 Å². The van der Waals surface area contributed by atoms with Gasteiger partial charge in [-0.15, -0.1) is 0 Å². The number of carbonyl (C=O) groups is 1. The molecule has 1 heterocycles. The summed E-state index contributed by atoms with van der Waals surface area (Å²) in [6.07, 6.45) is 0. The number of aromatic nitrogens is 2. The molecule has 1 amide bonds. The van der Waals surface area contributed by atoms with Crippen LogP contribution in [0.4, 0.5) is 0 Å². The highest BCUT2D eigenvalue weighted by atomic mass is 79.9. The molecule has 1 aromatic heterocycles. The second-order valence-corrected chi connectivity index (χ2v) is 4.79. The predicted octanol–water partition coefficient (Wildman–Crippen LogP) is 1.08. The summed E-state index contributed by atoms with van der Waals surface area (Å²) in [6, 6.07) is 5.47. The van der Waals surface area contributed by atoms with E-state index in [1.807, 2.05) is 12.1 Å². The third-order valence-electron chi connectivity index (χ3n) is 2.45. The Morgan fingerprint density at radius 2 is 2.35 bits per heavy atom. The molecule has 0 saturated heterocycles. The first-order chi connectivity index (χ1) is 9.60. The van der Waals surface area contributed by atoms with Crippen molar-refractivity contribution in [2.45, 2.75) is 6.54 Å². The standard InChI is InChI=1S/C12H13BrN4O3/c1-19-9-3-2-7(4-8(9)13)12-16-11(20-17-12)6-15-5-10(14)18/h2-4,15H,5-6H2,1H3,(H2,14,18). The zero-order valence-electron chi connectivity index (χ0n) is 10.7. The largest absolute Gasteiger partial charge is 0.496 e. The Morgan fingerprint density at radius 3 is 3.00 bits per heavy atom. The van der Waals surface area contributed by atoms with Gasteiger partial charge in [-0.05, 0) is 34.1 Å². The smallest absolute Gasteiger partial charge is 0.240 e. The number of methoxy groups -OCH3 is 1. The summed E-state index contributed by atoms with van der Waals surface area (Å²) in [5, 5.41) is 6.67. The Balaban J connectivity index is 2.08. The molecule has 20 heavy (non-hydrogen) atoms. The van der Waals surface area contributed by atoms with E-state index in [0.717, 1.165) is 15.8 Å². The van der Waals surface area contributed by atoms with E-state index in [2.05, 4.69) is 31.4 Å². The van der Waals surface area contributed by atoms with E-state index in [1.54, 1.807) is 13.2 Å². The fourth-order valence-corrected chi connectivity index (χ4v) is 2.08. The SMILES string of the molecule is COc1ccc(-c2noc(CNCC(N)=O)n2)cc1Br. The molecule has 3 N–H and O–H groups in total. The van der Waals surface area contributed by atoms with Crippen LogP contribution >= 0.6 is 15.9 Å². The normalized spacial score (nSPS) is 10.5. The van der Waals surface area contributed by atoms with Crippen molar-refractivity contribution in [2.75, 3.05) is 13.7 Å². The molecule has 0 fully saturated rings. The first-order valence-corrected chi connectivity index (χ1v) is 6.55. The van der Waals surface area contributed by atoms with Gasteiger partial charge in [-0.2, -0.15) is 4.98 Å². The number of amides is 1. The van der Waals surface area contributed by atoms with Crippen LogP contribution in [0.2, 0.25) is 0 Å².